The highest BCUT2D eigenvalue weighted by Gasteiger charge is 2.28. The number of ether oxygens (including phenoxy) is 1. The summed E-state index contributed by atoms with van der Waals surface area (Å²) in [5.74, 6) is 2.85. The van der Waals surface area contributed by atoms with Crippen LogP contribution in [0.25, 0.3) is 0 Å². The minimum Gasteiger partial charge on any atom is -0.493 e. The fourth-order valence-corrected chi connectivity index (χ4v) is 3.68. The van der Waals surface area contributed by atoms with Crippen molar-refractivity contribution in [2.45, 2.75) is 45.3 Å². The number of carbonyl (C=O) groups excluding carboxylic acids is 1. The lowest BCUT2D eigenvalue weighted by molar-refractivity contribution is -0.133. The van der Waals surface area contributed by atoms with Crippen LogP contribution in [0.2, 0.25) is 0 Å². The maximum absolute atomic E-state index is 12.5. The van der Waals surface area contributed by atoms with E-state index >= 15 is 0 Å². The molecule has 7 nitrogen and oxygen atoms in total. The van der Waals surface area contributed by atoms with Crippen LogP contribution < -0.4 is 10.1 Å². The summed E-state index contributed by atoms with van der Waals surface area (Å²) in [6, 6.07) is 8.17. The molecule has 1 amide bonds. The third-order valence-electron chi connectivity index (χ3n) is 5.17. The van der Waals surface area contributed by atoms with E-state index in [0.29, 0.717) is 32.2 Å². The Bertz CT molecular complexity index is 782. The first-order valence-electron chi connectivity index (χ1n) is 9.34. The molecule has 1 aromatic heterocycles. The third-order valence-corrected chi connectivity index (χ3v) is 5.17. The van der Waals surface area contributed by atoms with Crippen LogP contribution >= 0.6 is 0 Å². The maximum Gasteiger partial charge on any atom is 0.226 e. The zero-order chi connectivity index (χ0) is 17.9. The van der Waals surface area contributed by atoms with Crippen LogP contribution in [-0.2, 0) is 17.9 Å². The van der Waals surface area contributed by atoms with E-state index in [1.54, 1.807) is 0 Å². The molecule has 4 rings (SSSR count). The van der Waals surface area contributed by atoms with E-state index in [0.717, 1.165) is 42.5 Å². The Morgan fingerprint density at radius 1 is 1.31 bits per heavy atom. The van der Waals surface area contributed by atoms with Gasteiger partial charge in [-0.15, -0.1) is 10.2 Å². The van der Waals surface area contributed by atoms with Crippen molar-refractivity contribution < 1.29 is 9.53 Å². The highest BCUT2D eigenvalue weighted by Crippen LogP contribution is 2.24. The molecule has 1 aromatic carbocycles. The van der Waals surface area contributed by atoms with Crippen LogP contribution in [0, 0.1) is 6.92 Å². The number of para-hydroxylation sites is 1. The van der Waals surface area contributed by atoms with Crippen LogP contribution in [-0.4, -0.2) is 45.3 Å². The predicted octanol–water partition coefficient (Wildman–Crippen LogP) is 1.82. The van der Waals surface area contributed by atoms with Crippen molar-refractivity contribution in [3.63, 3.8) is 0 Å². The summed E-state index contributed by atoms with van der Waals surface area (Å²) in [7, 11) is 0. The number of nitrogens with one attached hydrogen (secondary N) is 1. The Labute approximate surface area is 153 Å². The van der Waals surface area contributed by atoms with Crippen molar-refractivity contribution in [1.82, 2.24) is 25.0 Å². The molecule has 1 unspecified atom stereocenters. The monoisotopic (exact) mass is 355 g/mol. The number of nitrogens with zero attached hydrogens (tertiary/aromatic N) is 4. The van der Waals surface area contributed by atoms with Gasteiger partial charge in [-0.1, -0.05) is 18.2 Å². The Kier molecular flexibility index (Phi) is 4.88. The molecule has 2 aromatic rings. The zero-order valence-corrected chi connectivity index (χ0v) is 15.1. The summed E-state index contributed by atoms with van der Waals surface area (Å²) < 4.78 is 7.93. The summed E-state index contributed by atoms with van der Waals surface area (Å²) >= 11 is 0. The molecule has 7 heteroatoms. The van der Waals surface area contributed by atoms with Gasteiger partial charge in [0.15, 0.2) is 5.82 Å². The Hall–Kier alpha value is -2.41. The molecular formula is C19H25N5O2. The van der Waals surface area contributed by atoms with Gasteiger partial charge in [0, 0.05) is 13.1 Å². The highest BCUT2D eigenvalue weighted by molar-refractivity contribution is 5.76. The second-order valence-electron chi connectivity index (χ2n) is 6.95. The van der Waals surface area contributed by atoms with Crippen LogP contribution in [0.3, 0.4) is 0 Å². The third kappa shape index (κ3) is 3.44. The molecule has 2 aliphatic heterocycles. The second-order valence-corrected chi connectivity index (χ2v) is 6.95. The number of benzene rings is 1. The van der Waals surface area contributed by atoms with Gasteiger partial charge < -0.3 is 19.5 Å². The average Bonchev–Trinajstić information content (AvgIpc) is 3.31. The molecule has 1 atom stereocenters. The largest absolute Gasteiger partial charge is 0.493 e. The Morgan fingerprint density at radius 2 is 2.19 bits per heavy atom. The molecule has 0 spiro atoms. The smallest absolute Gasteiger partial charge is 0.226 e. The standard InChI is InChI=1S/C19H25N5O2/c1-14-5-2-3-7-16(14)26-12-8-18(25)23-10-11-24-17(13-23)21-22-19(24)15-6-4-9-20-15/h2-3,5,7,15,20H,4,6,8-13H2,1H3. The van der Waals surface area contributed by atoms with Gasteiger partial charge in [-0.3, -0.25) is 4.79 Å². The first-order chi connectivity index (χ1) is 12.7. The minimum atomic E-state index is 0.105. The number of fused-ring (bicyclic) bond motifs is 1. The first-order valence-corrected chi connectivity index (χ1v) is 9.34. The zero-order valence-electron chi connectivity index (χ0n) is 15.1. The van der Waals surface area contributed by atoms with Gasteiger partial charge in [0.1, 0.15) is 11.6 Å². The molecular weight excluding hydrogens is 330 g/mol. The molecule has 0 aliphatic carbocycles. The van der Waals surface area contributed by atoms with Gasteiger partial charge in [0.25, 0.3) is 0 Å². The molecule has 3 heterocycles. The van der Waals surface area contributed by atoms with E-state index in [4.69, 9.17) is 4.74 Å². The van der Waals surface area contributed by atoms with Gasteiger partial charge in [-0.05, 0) is 37.9 Å². The minimum absolute atomic E-state index is 0.105. The fourth-order valence-electron chi connectivity index (χ4n) is 3.68. The summed E-state index contributed by atoms with van der Waals surface area (Å²) in [6.45, 7) is 5.44. The summed E-state index contributed by atoms with van der Waals surface area (Å²) in [5.41, 5.74) is 1.08. The SMILES string of the molecule is Cc1ccccc1OCCC(=O)N1CCn2c(nnc2C2CCCN2)C1. The van der Waals surface area contributed by atoms with Crippen LogP contribution in [0.4, 0.5) is 0 Å². The van der Waals surface area contributed by atoms with Gasteiger partial charge >= 0.3 is 0 Å². The maximum atomic E-state index is 12.5. The lowest BCUT2D eigenvalue weighted by atomic mass is 10.2. The quantitative estimate of drug-likeness (QED) is 0.886. The van der Waals surface area contributed by atoms with E-state index in [9.17, 15) is 4.79 Å². The van der Waals surface area contributed by atoms with E-state index < -0.39 is 0 Å². The molecule has 2 aliphatic rings. The molecule has 0 saturated carbocycles. The number of hydrogen-bond donors (Lipinski definition) is 1. The molecule has 1 saturated heterocycles. The Morgan fingerprint density at radius 3 is 3.00 bits per heavy atom. The molecule has 0 bridgehead atoms. The van der Waals surface area contributed by atoms with Gasteiger partial charge in [-0.2, -0.15) is 0 Å². The average molecular weight is 355 g/mol. The van der Waals surface area contributed by atoms with Crippen molar-refractivity contribution in [2.75, 3.05) is 19.7 Å². The first kappa shape index (κ1) is 17.0. The molecule has 138 valence electrons. The van der Waals surface area contributed by atoms with E-state index in [-0.39, 0.29) is 5.91 Å². The molecule has 26 heavy (non-hydrogen) atoms. The molecule has 0 radical (unpaired) electrons. The predicted molar refractivity (Wildman–Crippen MR) is 96.7 cm³/mol. The normalized spacial score (nSPS) is 19.4. The van der Waals surface area contributed by atoms with Gasteiger partial charge in [0.05, 0.1) is 25.6 Å². The van der Waals surface area contributed by atoms with Gasteiger partial charge in [0.2, 0.25) is 5.91 Å². The topological polar surface area (TPSA) is 72.3 Å². The fraction of sp³-hybridized carbons (Fsp3) is 0.526. The number of hydrogen-bond acceptors (Lipinski definition) is 5. The highest BCUT2D eigenvalue weighted by atomic mass is 16.5. The lowest BCUT2D eigenvalue weighted by Gasteiger charge is -2.28. The lowest BCUT2D eigenvalue weighted by Crippen LogP contribution is -2.39. The van der Waals surface area contributed by atoms with Crippen LogP contribution in [0.1, 0.15) is 42.5 Å². The van der Waals surface area contributed by atoms with Crippen molar-refractivity contribution >= 4 is 5.91 Å². The number of rotatable bonds is 5. The Balaban J connectivity index is 1.32. The number of carbonyl (C=O) groups is 1. The summed E-state index contributed by atoms with van der Waals surface area (Å²) in [6.07, 6.45) is 2.66. The van der Waals surface area contributed by atoms with E-state index in [1.165, 1.54) is 6.42 Å². The van der Waals surface area contributed by atoms with Crippen LogP contribution in [0.5, 0.6) is 5.75 Å². The molecule has 1 N–H and O–H groups in total. The number of amides is 1. The van der Waals surface area contributed by atoms with Crippen molar-refractivity contribution in [1.29, 1.82) is 0 Å². The van der Waals surface area contributed by atoms with Crippen LogP contribution in [0.15, 0.2) is 24.3 Å². The number of aromatic nitrogens is 3. The second kappa shape index (κ2) is 7.45. The van der Waals surface area contributed by atoms with E-state index in [2.05, 4.69) is 20.1 Å². The van der Waals surface area contributed by atoms with Gasteiger partial charge in [-0.25, -0.2) is 0 Å². The summed E-state index contributed by atoms with van der Waals surface area (Å²) in [5, 5.41) is 12.2. The van der Waals surface area contributed by atoms with Crippen molar-refractivity contribution in [3.05, 3.63) is 41.5 Å². The molecule has 1 fully saturated rings. The van der Waals surface area contributed by atoms with Crippen molar-refractivity contribution in [3.8, 4) is 5.75 Å². The summed E-state index contributed by atoms with van der Waals surface area (Å²) in [4.78, 5) is 14.4. The van der Waals surface area contributed by atoms with Crippen molar-refractivity contribution in [2.24, 2.45) is 0 Å². The van der Waals surface area contributed by atoms with E-state index in [1.807, 2.05) is 36.1 Å². The number of aryl methyl sites for hydroxylation is 1.